The lowest BCUT2D eigenvalue weighted by molar-refractivity contribution is 0.127. The van der Waals surface area contributed by atoms with Gasteiger partial charge in [-0.2, -0.15) is 4.98 Å². The molecule has 0 aromatic carbocycles. The second-order valence-corrected chi connectivity index (χ2v) is 7.09. The first kappa shape index (κ1) is 14.2. The molecule has 0 radical (unpaired) electrons. The highest BCUT2D eigenvalue weighted by Gasteiger charge is 2.32. The van der Waals surface area contributed by atoms with E-state index in [1.54, 1.807) is 12.3 Å². The maximum Gasteiger partial charge on any atom is 0.227 e. The number of hydrogen-bond acceptors (Lipinski definition) is 5. The molecule has 1 aliphatic carbocycles. The van der Waals surface area contributed by atoms with Crippen LogP contribution in [0.15, 0.2) is 23.1 Å². The molecule has 0 N–H and O–H groups in total. The summed E-state index contributed by atoms with van der Waals surface area (Å²) in [6.45, 7) is 7.06. The van der Waals surface area contributed by atoms with E-state index < -0.39 is 0 Å². The van der Waals surface area contributed by atoms with E-state index in [4.69, 9.17) is 4.52 Å². The van der Waals surface area contributed by atoms with Crippen molar-refractivity contribution in [3.63, 3.8) is 0 Å². The molecule has 21 heavy (non-hydrogen) atoms. The first-order valence-corrected chi connectivity index (χ1v) is 7.61. The molecular weight excluding hydrogens is 264 g/mol. The first-order chi connectivity index (χ1) is 10.0. The van der Waals surface area contributed by atoms with E-state index in [0.717, 1.165) is 18.2 Å². The Balaban J connectivity index is 1.70. The summed E-state index contributed by atoms with van der Waals surface area (Å²) in [6, 6.07) is 1.79. The van der Waals surface area contributed by atoms with Crippen molar-refractivity contribution in [3.8, 4) is 11.5 Å². The summed E-state index contributed by atoms with van der Waals surface area (Å²) in [5.74, 6) is 2.67. The van der Waals surface area contributed by atoms with Crippen LogP contribution in [-0.4, -0.2) is 20.1 Å². The highest BCUT2D eigenvalue weighted by Crippen LogP contribution is 2.42. The second-order valence-electron chi connectivity index (χ2n) is 7.09. The van der Waals surface area contributed by atoms with Gasteiger partial charge in [0.15, 0.2) is 0 Å². The number of hydrogen-bond donors (Lipinski definition) is 0. The first-order valence-electron chi connectivity index (χ1n) is 7.61. The topological polar surface area (TPSA) is 64.7 Å². The quantitative estimate of drug-likeness (QED) is 0.863. The lowest BCUT2D eigenvalue weighted by Gasteiger charge is -2.38. The van der Waals surface area contributed by atoms with Crippen LogP contribution in [0.1, 0.15) is 45.9 Å². The zero-order valence-electron chi connectivity index (χ0n) is 12.9. The molecule has 1 saturated carbocycles. The molecule has 112 valence electrons. The van der Waals surface area contributed by atoms with Gasteiger partial charge in [-0.15, -0.1) is 0 Å². The molecule has 0 spiro atoms. The molecule has 2 unspecified atom stereocenters. The third-order valence-corrected chi connectivity index (χ3v) is 4.22. The van der Waals surface area contributed by atoms with Crippen LogP contribution in [0.25, 0.3) is 11.5 Å². The molecule has 3 rings (SSSR count). The van der Waals surface area contributed by atoms with Gasteiger partial charge in [0, 0.05) is 12.6 Å². The molecule has 0 amide bonds. The molecule has 2 aromatic rings. The molecule has 0 saturated heterocycles. The molecule has 5 heteroatoms. The average Bonchev–Trinajstić information content (AvgIpc) is 2.86. The lowest BCUT2D eigenvalue weighted by Crippen LogP contribution is -2.28. The zero-order chi connectivity index (χ0) is 14.9. The largest absolute Gasteiger partial charge is 0.339 e. The van der Waals surface area contributed by atoms with Gasteiger partial charge in [0.2, 0.25) is 11.7 Å². The van der Waals surface area contributed by atoms with Crippen LogP contribution in [0.2, 0.25) is 0 Å². The Hall–Kier alpha value is -1.78. The molecule has 0 bridgehead atoms. The van der Waals surface area contributed by atoms with Crippen molar-refractivity contribution in [2.24, 2.45) is 17.3 Å². The Morgan fingerprint density at radius 1 is 1.33 bits per heavy atom. The molecule has 2 atom stereocenters. The van der Waals surface area contributed by atoms with Gasteiger partial charge in [0.25, 0.3) is 0 Å². The maximum absolute atomic E-state index is 5.40. The summed E-state index contributed by atoms with van der Waals surface area (Å²) < 4.78 is 5.40. The van der Waals surface area contributed by atoms with Gasteiger partial charge in [0.05, 0.1) is 0 Å². The third kappa shape index (κ3) is 3.46. The standard InChI is InChI=1S/C16H22N4O/c1-11-6-12(9-16(2,3)8-11)7-14-19-15(20-21-14)13-4-5-17-10-18-13/h4-5,10-12H,6-9H2,1-3H3. The Morgan fingerprint density at radius 3 is 2.90 bits per heavy atom. The van der Waals surface area contributed by atoms with Crippen LogP contribution in [0.3, 0.4) is 0 Å². The van der Waals surface area contributed by atoms with E-state index in [1.165, 1.54) is 25.6 Å². The van der Waals surface area contributed by atoms with Crippen LogP contribution in [0, 0.1) is 17.3 Å². The van der Waals surface area contributed by atoms with Crippen LogP contribution in [0.4, 0.5) is 0 Å². The van der Waals surface area contributed by atoms with Gasteiger partial charge in [0.1, 0.15) is 12.0 Å². The van der Waals surface area contributed by atoms with Crippen molar-refractivity contribution in [2.75, 3.05) is 0 Å². The maximum atomic E-state index is 5.40. The number of rotatable bonds is 3. The van der Waals surface area contributed by atoms with Crippen molar-refractivity contribution in [1.29, 1.82) is 0 Å². The van der Waals surface area contributed by atoms with E-state index in [-0.39, 0.29) is 0 Å². The van der Waals surface area contributed by atoms with Gasteiger partial charge >= 0.3 is 0 Å². The molecular formula is C16H22N4O. The van der Waals surface area contributed by atoms with Crippen molar-refractivity contribution in [1.82, 2.24) is 20.1 Å². The summed E-state index contributed by atoms with van der Waals surface area (Å²) in [5.41, 5.74) is 1.12. The monoisotopic (exact) mass is 286 g/mol. The van der Waals surface area contributed by atoms with Crippen molar-refractivity contribution < 1.29 is 4.52 Å². The Kier molecular flexibility index (Phi) is 3.74. The minimum Gasteiger partial charge on any atom is -0.339 e. The molecule has 5 nitrogen and oxygen atoms in total. The van der Waals surface area contributed by atoms with Crippen molar-refractivity contribution in [2.45, 2.75) is 46.5 Å². The van der Waals surface area contributed by atoms with Crippen molar-refractivity contribution in [3.05, 3.63) is 24.5 Å². The van der Waals surface area contributed by atoms with Crippen LogP contribution >= 0.6 is 0 Å². The summed E-state index contributed by atoms with van der Waals surface area (Å²) in [4.78, 5) is 12.5. The summed E-state index contributed by atoms with van der Waals surface area (Å²) >= 11 is 0. The summed E-state index contributed by atoms with van der Waals surface area (Å²) in [5, 5.41) is 4.03. The Labute approximate surface area is 125 Å². The molecule has 1 aliphatic rings. The highest BCUT2D eigenvalue weighted by atomic mass is 16.5. The normalized spacial score (nSPS) is 24.9. The van der Waals surface area contributed by atoms with Gasteiger partial charge in [-0.3, -0.25) is 0 Å². The number of nitrogens with zero attached hydrogens (tertiary/aromatic N) is 4. The fraction of sp³-hybridized carbons (Fsp3) is 0.625. The van der Waals surface area contributed by atoms with E-state index in [2.05, 4.69) is 40.9 Å². The molecule has 1 fully saturated rings. The Bertz CT molecular complexity index is 593. The predicted octanol–water partition coefficient (Wildman–Crippen LogP) is 3.53. The van der Waals surface area contributed by atoms with E-state index in [9.17, 15) is 0 Å². The van der Waals surface area contributed by atoms with E-state index >= 15 is 0 Å². The van der Waals surface area contributed by atoms with E-state index in [0.29, 0.717) is 22.9 Å². The minimum atomic E-state index is 0.415. The predicted molar refractivity (Wildman–Crippen MR) is 79.3 cm³/mol. The van der Waals surface area contributed by atoms with E-state index in [1.807, 2.05) is 0 Å². The van der Waals surface area contributed by atoms with Crippen LogP contribution in [0.5, 0.6) is 0 Å². The number of aromatic nitrogens is 4. The lowest BCUT2D eigenvalue weighted by atomic mass is 9.67. The summed E-state index contributed by atoms with van der Waals surface area (Å²) in [6.07, 6.45) is 7.82. The minimum absolute atomic E-state index is 0.415. The summed E-state index contributed by atoms with van der Waals surface area (Å²) in [7, 11) is 0. The second kappa shape index (κ2) is 5.54. The average molecular weight is 286 g/mol. The molecule has 0 aliphatic heterocycles. The molecule has 2 aromatic heterocycles. The zero-order valence-corrected chi connectivity index (χ0v) is 12.9. The fourth-order valence-electron chi connectivity index (χ4n) is 3.81. The smallest absolute Gasteiger partial charge is 0.227 e. The molecule has 2 heterocycles. The third-order valence-electron chi connectivity index (χ3n) is 4.22. The highest BCUT2D eigenvalue weighted by molar-refractivity contribution is 5.46. The SMILES string of the molecule is CC1CC(Cc2nc(-c3ccncn3)no2)CC(C)(C)C1. The fourth-order valence-corrected chi connectivity index (χ4v) is 3.81. The van der Waals surface area contributed by atoms with Crippen LogP contribution in [-0.2, 0) is 6.42 Å². The van der Waals surface area contributed by atoms with Gasteiger partial charge in [-0.25, -0.2) is 9.97 Å². The van der Waals surface area contributed by atoms with Crippen LogP contribution < -0.4 is 0 Å². The van der Waals surface area contributed by atoms with Gasteiger partial charge < -0.3 is 4.52 Å². The van der Waals surface area contributed by atoms with Gasteiger partial charge in [-0.1, -0.05) is 25.9 Å². The van der Waals surface area contributed by atoms with Gasteiger partial charge in [-0.05, 0) is 42.6 Å². The Morgan fingerprint density at radius 2 is 2.19 bits per heavy atom. The van der Waals surface area contributed by atoms with Crippen molar-refractivity contribution >= 4 is 0 Å².